The maximum atomic E-state index is 13.4. The molecule has 30 heavy (non-hydrogen) atoms. The van der Waals surface area contributed by atoms with Crippen LogP contribution in [0.15, 0.2) is 40.8 Å². The number of carbonyl (C=O) groups is 1. The zero-order chi connectivity index (χ0) is 21.8. The fourth-order valence-corrected chi connectivity index (χ4v) is 3.06. The second-order valence-corrected chi connectivity index (χ2v) is 7.12. The first-order valence-corrected chi connectivity index (χ1v) is 9.62. The Morgan fingerprint density at radius 1 is 1.23 bits per heavy atom. The Kier molecular flexibility index (Phi) is 6.59. The normalized spacial score (nSPS) is 12.2. The number of nitrogens with one attached hydrogen (secondary N) is 2. The maximum absolute atomic E-state index is 13.4. The summed E-state index contributed by atoms with van der Waals surface area (Å²) in [6.07, 6.45) is -1.09. The summed E-state index contributed by atoms with van der Waals surface area (Å²) in [4.78, 5) is 12.7. The van der Waals surface area contributed by atoms with Crippen LogP contribution in [0.25, 0.3) is 22.3 Å². The van der Waals surface area contributed by atoms with Gasteiger partial charge in [0.05, 0.1) is 30.1 Å². The maximum Gasteiger partial charge on any atom is 0.255 e. The SMILES string of the molecule is CNC(=O)c1c(-c2ccc(F)cc2)oc2cc(NCC(O)CO)c(OC(C)C)cc12. The number of hydrogen-bond donors (Lipinski definition) is 4. The lowest BCUT2D eigenvalue weighted by atomic mass is 10.0. The van der Waals surface area contributed by atoms with E-state index < -0.39 is 11.9 Å². The molecule has 4 N–H and O–H groups in total. The number of aliphatic hydroxyl groups excluding tert-OH is 2. The molecule has 1 heterocycles. The van der Waals surface area contributed by atoms with Crippen molar-refractivity contribution in [3.8, 4) is 17.1 Å². The van der Waals surface area contributed by atoms with E-state index in [1.807, 2.05) is 13.8 Å². The number of aliphatic hydroxyl groups is 2. The number of anilines is 1. The summed E-state index contributed by atoms with van der Waals surface area (Å²) in [5, 5.41) is 24.9. The van der Waals surface area contributed by atoms with Gasteiger partial charge in [-0.15, -0.1) is 0 Å². The summed E-state index contributed by atoms with van der Waals surface area (Å²) in [5.41, 5.74) is 1.84. The Hall–Kier alpha value is -3.10. The molecule has 1 amide bonds. The lowest BCUT2D eigenvalue weighted by molar-refractivity contribution is 0.0964. The molecule has 2 aromatic carbocycles. The lowest BCUT2D eigenvalue weighted by Gasteiger charge is -2.17. The molecule has 0 saturated carbocycles. The molecule has 0 aliphatic heterocycles. The van der Waals surface area contributed by atoms with E-state index in [4.69, 9.17) is 14.3 Å². The average Bonchev–Trinajstić information content (AvgIpc) is 3.09. The molecule has 3 rings (SSSR count). The van der Waals surface area contributed by atoms with Gasteiger partial charge in [0.15, 0.2) is 0 Å². The van der Waals surface area contributed by atoms with Crippen molar-refractivity contribution in [2.45, 2.75) is 26.1 Å². The third kappa shape index (κ3) is 4.55. The van der Waals surface area contributed by atoms with E-state index >= 15 is 0 Å². The van der Waals surface area contributed by atoms with Crippen molar-refractivity contribution in [3.05, 3.63) is 47.8 Å². The van der Waals surface area contributed by atoms with Gasteiger partial charge in [-0.05, 0) is 44.2 Å². The predicted octanol–water partition coefficient (Wildman–Crippen LogP) is 3.15. The highest BCUT2D eigenvalue weighted by molar-refractivity contribution is 6.12. The third-order valence-corrected chi connectivity index (χ3v) is 4.45. The molecule has 0 radical (unpaired) electrons. The zero-order valence-electron chi connectivity index (χ0n) is 17.0. The minimum absolute atomic E-state index is 0.101. The van der Waals surface area contributed by atoms with Crippen LogP contribution in [0.5, 0.6) is 5.75 Å². The first-order valence-electron chi connectivity index (χ1n) is 9.62. The minimum Gasteiger partial charge on any atom is -0.489 e. The van der Waals surface area contributed by atoms with Crippen molar-refractivity contribution in [1.82, 2.24) is 5.32 Å². The van der Waals surface area contributed by atoms with Crippen LogP contribution in [0.4, 0.5) is 10.1 Å². The van der Waals surface area contributed by atoms with E-state index in [0.717, 1.165) is 0 Å². The van der Waals surface area contributed by atoms with Gasteiger partial charge in [-0.1, -0.05) is 0 Å². The number of fused-ring (bicyclic) bond motifs is 1. The molecule has 1 atom stereocenters. The smallest absolute Gasteiger partial charge is 0.255 e. The van der Waals surface area contributed by atoms with Crippen molar-refractivity contribution in [3.63, 3.8) is 0 Å². The van der Waals surface area contributed by atoms with E-state index in [9.17, 15) is 14.3 Å². The van der Waals surface area contributed by atoms with E-state index in [1.165, 1.54) is 19.2 Å². The van der Waals surface area contributed by atoms with Crippen molar-refractivity contribution in [1.29, 1.82) is 0 Å². The first kappa shape index (κ1) is 21.6. The Morgan fingerprint density at radius 2 is 1.93 bits per heavy atom. The second-order valence-electron chi connectivity index (χ2n) is 7.12. The summed E-state index contributed by atoms with van der Waals surface area (Å²) < 4.78 is 25.2. The summed E-state index contributed by atoms with van der Waals surface area (Å²) in [6, 6.07) is 9.06. The Balaban J connectivity index is 2.18. The number of hydrogen-bond acceptors (Lipinski definition) is 6. The van der Waals surface area contributed by atoms with E-state index in [1.54, 1.807) is 24.3 Å². The Bertz CT molecular complexity index is 1030. The molecule has 7 nitrogen and oxygen atoms in total. The number of ether oxygens (including phenoxy) is 1. The van der Waals surface area contributed by atoms with Crippen LogP contribution in [0.3, 0.4) is 0 Å². The topological polar surface area (TPSA) is 104 Å². The van der Waals surface area contributed by atoms with Crippen LogP contribution >= 0.6 is 0 Å². The van der Waals surface area contributed by atoms with Gasteiger partial charge in [-0.25, -0.2) is 4.39 Å². The van der Waals surface area contributed by atoms with Crippen molar-refractivity contribution in [2.75, 3.05) is 25.5 Å². The predicted molar refractivity (Wildman–Crippen MR) is 112 cm³/mol. The largest absolute Gasteiger partial charge is 0.489 e. The summed E-state index contributed by atoms with van der Waals surface area (Å²) in [6.45, 7) is 3.46. The van der Waals surface area contributed by atoms with Crippen LogP contribution in [-0.4, -0.2) is 48.5 Å². The lowest BCUT2D eigenvalue weighted by Crippen LogP contribution is -2.23. The Morgan fingerprint density at radius 3 is 2.53 bits per heavy atom. The fourth-order valence-electron chi connectivity index (χ4n) is 3.06. The molecule has 0 spiro atoms. The number of benzene rings is 2. The molecule has 0 bridgehead atoms. The van der Waals surface area contributed by atoms with Crippen LogP contribution in [0.1, 0.15) is 24.2 Å². The van der Waals surface area contributed by atoms with Crippen molar-refractivity contribution in [2.24, 2.45) is 0 Å². The van der Waals surface area contributed by atoms with Crippen LogP contribution in [0.2, 0.25) is 0 Å². The van der Waals surface area contributed by atoms with Crippen LogP contribution in [-0.2, 0) is 0 Å². The minimum atomic E-state index is -0.944. The van der Waals surface area contributed by atoms with Crippen LogP contribution < -0.4 is 15.4 Å². The van der Waals surface area contributed by atoms with Gasteiger partial charge >= 0.3 is 0 Å². The molecular weight excluding hydrogens is 391 g/mol. The van der Waals surface area contributed by atoms with Gasteiger partial charge in [-0.2, -0.15) is 0 Å². The summed E-state index contributed by atoms with van der Waals surface area (Å²) >= 11 is 0. The standard InChI is InChI=1S/C22H25FN2O5/c1-12(2)29-19-8-16-18(9-17(19)25-10-15(27)11-26)30-21(20(16)22(28)24-3)13-4-6-14(23)7-5-13/h4-9,12,15,25-27H,10-11H2,1-3H3,(H,24,28). The fraction of sp³-hybridized carbons (Fsp3) is 0.318. The molecule has 1 unspecified atom stereocenters. The highest BCUT2D eigenvalue weighted by Gasteiger charge is 2.24. The zero-order valence-corrected chi connectivity index (χ0v) is 17.0. The van der Waals surface area contributed by atoms with Gasteiger partial charge < -0.3 is 30.0 Å². The van der Waals surface area contributed by atoms with Crippen molar-refractivity contribution >= 4 is 22.6 Å². The number of carbonyl (C=O) groups excluding carboxylic acids is 1. The summed E-state index contributed by atoms with van der Waals surface area (Å²) in [5.74, 6) is 0.0459. The van der Waals surface area contributed by atoms with Gasteiger partial charge in [-0.3, -0.25) is 4.79 Å². The Labute approximate surface area is 173 Å². The first-order chi connectivity index (χ1) is 14.3. The third-order valence-electron chi connectivity index (χ3n) is 4.45. The second kappa shape index (κ2) is 9.15. The number of rotatable bonds is 8. The number of furan rings is 1. The highest BCUT2D eigenvalue weighted by Crippen LogP contribution is 2.39. The van der Waals surface area contributed by atoms with Gasteiger partial charge in [0.2, 0.25) is 0 Å². The average molecular weight is 416 g/mol. The van der Waals surface area contributed by atoms with Crippen LogP contribution in [0, 0.1) is 5.82 Å². The highest BCUT2D eigenvalue weighted by atomic mass is 19.1. The molecule has 1 aromatic heterocycles. The molecule has 0 aliphatic carbocycles. The van der Waals surface area contributed by atoms with Gasteiger partial charge in [0.25, 0.3) is 5.91 Å². The molecule has 3 aromatic rings. The molecule has 0 aliphatic rings. The molecule has 0 saturated heterocycles. The molecular formula is C22H25FN2O5. The van der Waals surface area contributed by atoms with Gasteiger partial charge in [0.1, 0.15) is 22.9 Å². The van der Waals surface area contributed by atoms with Gasteiger partial charge in [0, 0.05) is 30.6 Å². The monoisotopic (exact) mass is 416 g/mol. The quantitative estimate of drug-likeness (QED) is 0.450. The van der Waals surface area contributed by atoms with E-state index in [0.29, 0.717) is 39.3 Å². The summed E-state index contributed by atoms with van der Waals surface area (Å²) in [7, 11) is 1.52. The number of halogens is 1. The van der Waals surface area contributed by atoms with E-state index in [-0.39, 0.29) is 25.2 Å². The molecule has 0 fully saturated rings. The van der Waals surface area contributed by atoms with Crippen molar-refractivity contribution < 1.29 is 28.6 Å². The van der Waals surface area contributed by atoms with E-state index in [2.05, 4.69) is 10.6 Å². The number of amides is 1. The molecule has 8 heteroatoms. The molecule has 160 valence electrons.